The van der Waals surface area contributed by atoms with Gasteiger partial charge in [0, 0.05) is 17.5 Å². The third-order valence-corrected chi connectivity index (χ3v) is 13.9. The van der Waals surface area contributed by atoms with Crippen molar-refractivity contribution in [3.63, 3.8) is 0 Å². The van der Waals surface area contributed by atoms with E-state index in [4.69, 9.17) is 5.73 Å². The fourth-order valence-electron chi connectivity index (χ4n) is 10.1. The van der Waals surface area contributed by atoms with E-state index in [1.165, 1.54) is 0 Å². The van der Waals surface area contributed by atoms with Gasteiger partial charge < -0.3 is 31.5 Å². The van der Waals surface area contributed by atoms with Gasteiger partial charge in [-0.3, -0.25) is 19.2 Å². The number of carbonyl (C=O) groups excluding carboxylic acids is 5. The lowest BCUT2D eigenvalue weighted by Gasteiger charge is -2.42. The third-order valence-electron chi connectivity index (χ3n) is 13.9. The van der Waals surface area contributed by atoms with Gasteiger partial charge in [-0.2, -0.15) is 0 Å². The summed E-state index contributed by atoms with van der Waals surface area (Å²) in [5.41, 5.74) is 4.08. The first kappa shape index (κ1) is 36.6. The van der Waals surface area contributed by atoms with Gasteiger partial charge in [-0.25, -0.2) is 4.79 Å². The third kappa shape index (κ3) is 6.26. The number of rotatable bonds is 11. The van der Waals surface area contributed by atoms with E-state index in [2.05, 4.69) is 55.5 Å². The first-order valence-electron chi connectivity index (χ1n) is 18.6. The number of Topliss-reactive ketones (excluding diaryl/α,β-unsaturated/α-hetero) is 1. The monoisotopic (exact) mass is 670 g/mol. The smallest absolute Gasteiger partial charge is 0.315 e. The largest absolute Gasteiger partial charge is 0.363 e. The Kier molecular flexibility index (Phi) is 9.82. The Morgan fingerprint density at radius 2 is 1.52 bits per heavy atom. The SMILES string of the molecule is CCN1CCC(C(C)(C)NC(=O)N[C@H](C(=O)N2C[C@]3(C[C@H]2C(=O)NC(CC2CCC2)C(=O)C(N)=O)C(C)(C)C32CCC2)C(C)(C)C)CC1. The van der Waals surface area contributed by atoms with Gasteiger partial charge in [-0.15, -0.1) is 0 Å². The van der Waals surface area contributed by atoms with Gasteiger partial charge in [0.25, 0.3) is 5.91 Å². The van der Waals surface area contributed by atoms with Crippen LogP contribution in [0.3, 0.4) is 0 Å². The maximum atomic E-state index is 14.7. The molecule has 2 aliphatic heterocycles. The highest BCUT2D eigenvalue weighted by molar-refractivity contribution is 6.37. The van der Waals surface area contributed by atoms with Crippen LogP contribution in [0.15, 0.2) is 0 Å². The number of nitrogens with two attached hydrogens (primary N) is 1. The number of urea groups is 1. The molecule has 2 heterocycles. The highest BCUT2D eigenvalue weighted by Crippen LogP contribution is 2.88. The molecule has 5 amide bonds. The minimum absolute atomic E-state index is 0.0560. The second kappa shape index (κ2) is 12.9. The van der Waals surface area contributed by atoms with Crippen molar-refractivity contribution >= 4 is 29.5 Å². The summed E-state index contributed by atoms with van der Waals surface area (Å²) < 4.78 is 0. The average Bonchev–Trinajstić information content (AvgIpc) is 3.19. The zero-order valence-electron chi connectivity index (χ0n) is 30.8. The van der Waals surface area contributed by atoms with Crippen LogP contribution in [0.4, 0.5) is 4.79 Å². The standard InChI is InChI=1S/C37H62N6O5/c1-9-42-18-14-24(15-19-42)34(5,6)41-32(48)40-28(33(2,3)4)31(47)43-22-37(35(7,8)36(37)16-11-17-36)21-26(43)30(46)39-25(27(44)29(38)45)20-23-12-10-13-23/h23-26,28H,9-22H2,1-8H3,(H2,38,45)(H,39,46)(H2,40,41,48)/t25?,26-,28+,37+/m0/s1. The molecular formula is C37H62N6O5. The molecule has 4 atom stereocenters. The quantitative estimate of drug-likeness (QED) is 0.246. The van der Waals surface area contributed by atoms with Gasteiger partial charge in [0.2, 0.25) is 17.6 Å². The van der Waals surface area contributed by atoms with Gasteiger partial charge in [0.15, 0.2) is 0 Å². The van der Waals surface area contributed by atoms with Gasteiger partial charge in [-0.05, 0) is 100 Å². The van der Waals surface area contributed by atoms with Crippen LogP contribution in [0, 0.1) is 33.5 Å². The number of hydrogen-bond acceptors (Lipinski definition) is 6. The number of carbonyl (C=O) groups is 5. The van der Waals surface area contributed by atoms with Crippen LogP contribution in [0.1, 0.15) is 120 Å². The fourth-order valence-corrected chi connectivity index (χ4v) is 10.1. The predicted molar refractivity (Wildman–Crippen MR) is 185 cm³/mol. The van der Waals surface area contributed by atoms with Crippen LogP contribution in [-0.4, -0.2) is 89.2 Å². The molecule has 0 aromatic rings. The molecule has 48 heavy (non-hydrogen) atoms. The van der Waals surface area contributed by atoms with E-state index in [-0.39, 0.29) is 28.1 Å². The Morgan fingerprint density at radius 1 is 0.896 bits per heavy atom. The molecule has 3 saturated carbocycles. The maximum Gasteiger partial charge on any atom is 0.315 e. The predicted octanol–water partition coefficient (Wildman–Crippen LogP) is 3.74. The molecule has 5 rings (SSSR count). The molecule has 0 aromatic carbocycles. The number of piperidine rings is 1. The lowest BCUT2D eigenvalue weighted by atomic mass is 9.73. The minimum Gasteiger partial charge on any atom is -0.363 e. The Labute approximate surface area is 287 Å². The van der Waals surface area contributed by atoms with Crippen LogP contribution in [0.5, 0.6) is 0 Å². The molecule has 2 saturated heterocycles. The molecule has 2 spiro atoms. The number of nitrogens with zero attached hydrogens (tertiary/aromatic N) is 2. The second-order valence-corrected chi connectivity index (χ2v) is 18.0. The number of ketones is 1. The van der Waals surface area contributed by atoms with E-state index in [0.29, 0.717) is 25.3 Å². The molecule has 5 aliphatic rings. The van der Waals surface area contributed by atoms with E-state index >= 15 is 0 Å². The lowest BCUT2D eigenvalue weighted by molar-refractivity contribution is -0.143. The van der Waals surface area contributed by atoms with Crippen molar-refractivity contribution in [2.45, 2.75) is 143 Å². The normalized spacial score (nSPS) is 28.2. The molecule has 270 valence electrons. The molecule has 11 nitrogen and oxygen atoms in total. The van der Waals surface area contributed by atoms with Crippen LogP contribution in [-0.2, 0) is 19.2 Å². The zero-order chi connectivity index (χ0) is 35.4. The van der Waals surface area contributed by atoms with Crippen LogP contribution in [0.25, 0.3) is 0 Å². The summed E-state index contributed by atoms with van der Waals surface area (Å²) in [7, 11) is 0. The Balaban J connectivity index is 1.37. The molecule has 5 N–H and O–H groups in total. The van der Waals surface area contributed by atoms with E-state index in [1.54, 1.807) is 4.90 Å². The van der Waals surface area contributed by atoms with Crippen molar-refractivity contribution in [1.82, 2.24) is 25.8 Å². The number of amides is 5. The van der Waals surface area contributed by atoms with Crippen LogP contribution < -0.4 is 21.7 Å². The van der Waals surface area contributed by atoms with Crippen LogP contribution in [0.2, 0.25) is 0 Å². The fraction of sp³-hybridized carbons (Fsp3) is 0.865. The van der Waals surface area contributed by atoms with E-state index < -0.39 is 52.7 Å². The highest BCUT2D eigenvalue weighted by atomic mass is 16.2. The van der Waals surface area contributed by atoms with Gasteiger partial charge >= 0.3 is 6.03 Å². The molecule has 0 bridgehead atoms. The summed E-state index contributed by atoms with van der Waals surface area (Å²) in [4.78, 5) is 71.6. The summed E-state index contributed by atoms with van der Waals surface area (Å²) in [6.45, 7) is 20.0. The Hall–Kier alpha value is -2.69. The number of primary amides is 1. The number of fused-ring (bicyclic) bond motifs is 1. The molecule has 11 heteroatoms. The summed E-state index contributed by atoms with van der Waals surface area (Å²) in [6.07, 6.45) is 9.06. The maximum absolute atomic E-state index is 14.7. The summed E-state index contributed by atoms with van der Waals surface area (Å²) >= 11 is 0. The molecule has 0 aromatic heterocycles. The Bertz CT molecular complexity index is 1290. The van der Waals surface area contributed by atoms with E-state index in [0.717, 1.165) is 71.0 Å². The first-order valence-corrected chi connectivity index (χ1v) is 18.6. The minimum atomic E-state index is -1.06. The lowest BCUT2D eigenvalue weighted by Crippen LogP contribution is -2.62. The van der Waals surface area contributed by atoms with Gasteiger partial charge in [-0.1, -0.05) is 67.2 Å². The summed E-state index contributed by atoms with van der Waals surface area (Å²) in [6, 6.07) is -3.11. The number of nitrogens with one attached hydrogen (secondary N) is 3. The molecule has 1 unspecified atom stereocenters. The van der Waals surface area contributed by atoms with Crippen molar-refractivity contribution in [2.75, 3.05) is 26.2 Å². The summed E-state index contributed by atoms with van der Waals surface area (Å²) in [5, 5.41) is 9.12. The van der Waals surface area contributed by atoms with Crippen LogP contribution >= 0.6 is 0 Å². The van der Waals surface area contributed by atoms with E-state index in [9.17, 15) is 24.0 Å². The van der Waals surface area contributed by atoms with Gasteiger partial charge in [0.05, 0.1) is 6.04 Å². The van der Waals surface area contributed by atoms with Crippen molar-refractivity contribution in [2.24, 2.45) is 39.2 Å². The summed E-state index contributed by atoms with van der Waals surface area (Å²) in [5.74, 6) is -2.01. The zero-order valence-corrected chi connectivity index (χ0v) is 30.8. The number of hydrogen-bond donors (Lipinski definition) is 4. The second-order valence-electron chi connectivity index (χ2n) is 18.0. The molecule has 3 aliphatic carbocycles. The van der Waals surface area contributed by atoms with Crippen molar-refractivity contribution in [3.8, 4) is 0 Å². The van der Waals surface area contributed by atoms with Crippen molar-refractivity contribution < 1.29 is 24.0 Å². The topological polar surface area (TPSA) is 154 Å². The van der Waals surface area contributed by atoms with Crippen molar-refractivity contribution in [3.05, 3.63) is 0 Å². The van der Waals surface area contributed by atoms with E-state index in [1.807, 2.05) is 20.8 Å². The highest BCUT2D eigenvalue weighted by Gasteiger charge is 2.85. The Morgan fingerprint density at radius 3 is 1.98 bits per heavy atom. The van der Waals surface area contributed by atoms with Crippen molar-refractivity contribution in [1.29, 1.82) is 0 Å². The molecule has 5 fully saturated rings. The molecule has 0 radical (unpaired) electrons. The first-order chi connectivity index (χ1) is 22.3. The molecular weight excluding hydrogens is 608 g/mol. The average molecular weight is 671 g/mol. The number of likely N-dealkylation sites (tertiary alicyclic amines) is 2. The van der Waals surface area contributed by atoms with Gasteiger partial charge in [0.1, 0.15) is 12.1 Å².